The van der Waals surface area contributed by atoms with Crippen molar-refractivity contribution in [2.75, 3.05) is 5.32 Å². The highest BCUT2D eigenvalue weighted by Gasteiger charge is 2.49. The van der Waals surface area contributed by atoms with E-state index >= 15 is 0 Å². The zero-order valence-electron chi connectivity index (χ0n) is 21.9. The van der Waals surface area contributed by atoms with Crippen molar-refractivity contribution >= 4 is 28.9 Å². The van der Waals surface area contributed by atoms with E-state index < -0.39 is 40.6 Å². The first-order valence-corrected chi connectivity index (χ1v) is 13.4. The minimum atomic E-state index is -4.66. The van der Waals surface area contributed by atoms with Gasteiger partial charge in [-0.15, -0.1) is 11.3 Å². The van der Waals surface area contributed by atoms with Gasteiger partial charge in [-0.2, -0.15) is 13.2 Å². The Morgan fingerprint density at radius 2 is 1.83 bits per heavy atom. The lowest BCUT2D eigenvalue weighted by Crippen LogP contribution is -2.44. The predicted octanol–water partition coefficient (Wildman–Crippen LogP) is 6.66. The van der Waals surface area contributed by atoms with Gasteiger partial charge in [0.05, 0.1) is 17.0 Å². The highest BCUT2D eigenvalue weighted by atomic mass is 32.1. The number of thiazole rings is 1. The first-order chi connectivity index (χ1) is 19.2. The van der Waals surface area contributed by atoms with Crippen LogP contribution in [-0.4, -0.2) is 36.1 Å². The molecular weight excluding hydrogens is 562 g/mol. The number of aliphatic hydroxyl groups is 1. The van der Waals surface area contributed by atoms with E-state index in [1.165, 1.54) is 23.6 Å². The molecule has 1 aliphatic rings. The lowest BCUT2D eigenvalue weighted by atomic mass is 9.63. The Morgan fingerprint density at radius 1 is 1.07 bits per heavy atom. The number of nitrogens with one attached hydrogen (secondary N) is 1. The highest BCUT2D eigenvalue weighted by Crippen LogP contribution is 2.51. The third-order valence-electron chi connectivity index (χ3n) is 7.20. The van der Waals surface area contributed by atoms with Crippen LogP contribution >= 0.6 is 11.3 Å². The number of benzene rings is 1. The molecular formula is C28H25F4N5O3S. The van der Waals surface area contributed by atoms with Gasteiger partial charge < -0.3 is 15.5 Å². The molecule has 4 aromatic rings. The molecule has 3 aromatic heterocycles. The van der Waals surface area contributed by atoms with E-state index in [2.05, 4.69) is 25.3 Å². The number of halogens is 4. The van der Waals surface area contributed by atoms with E-state index in [0.29, 0.717) is 38.7 Å². The fourth-order valence-electron chi connectivity index (χ4n) is 5.29. The third-order valence-corrected chi connectivity index (χ3v) is 8.44. The molecule has 0 radical (unpaired) electrons. The Kier molecular flexibility index (Phi) is 7.28. The first kappa shape index (κ1) is 28.6. The molecule has 1 aromatic carbocycles. The molecule has 13 heteroatoms. The van der Waals surface area contributed by atoms with Gasteiger partial charge in [-0.05, 0) is 66.1 Å². The zero-order valence-corrected chi connectivity index (χ0v) is 22.7. The number of carbonyl (C=O) groups is 1. The summed E-state index contributed by atoms with van der Waals surface area (Å²) in [6, 6.07) is 7.06. The topological polar surface area (TPSA) is 121 Å². The number of rotatable bonds is 6. The monoisotopic (exact) mass is 587 g/mol. The maximum atomic E-state index is 14.0. The van der Waals surface area contributed by atoms with Gasteiger partial charge in [0, 0.05) is 29.8 Å². The summed E-state index contributed by atoms with van der Waals surface area (Å²) in [6.45, 7) is 3.63. The van der Waals surface area contributed by atoms with E-state index in [1.54, 1.807) is 24.4 Å². The number of carboxylic acid groups (broad SMARTS) is 1. The molecule has 1 saturated carbocycles. The molecule has 214 valence electrons. The molecule has 8 nitrogen and oxygen atoms in total. The normalized spacial score (nSPS) is 20.5. The summed E-state index contributed by atoms with van der Waals surface area (Å²) in [5.41, 5.74) is -1.24. The standard InChI is InChI=1S/C28H25F4N5O3S/c1-26(2)14-27(40,5-3-20(26)23(38)39)24-35-13-21(41-24)16-7-15(17-8-18(29)12-33-11-17)9-19(10-16)36-25-34-6-4-22(37-25)28(30,31)32/h4,6-13,20,40H,3,5,14H2,1-2H3,(H,38,39)(H,34,36,37)/t20-,27-/m1/s1. The Balaban J connectivity index is 1.52. The smallest absolute Gasteiger partial charge is 0.433 e. The van der Waals surface area contributed by atoms with Crippen LogP contribution in [0.5, 0.6) is 0 Å². The Hall–Kier alpha value is -3.97. The van der Waals surface area contributed by atoms with Crippen LogP contribution in [0.2, 0.25) is 0 Å². The van der Waals surface area contributed by atoms with Crippen LogP contribution in [0, 0.1) is 17.2 Å². The summed E-state index contributed by atoms with van der Waals surface area (Å²) in [7, 11) is 0. The summed E-state index contributed by atoms with van der Waals surface area (Å²) < 4.78 is 53.6. The van der Waals surface area contributed by atoms with Crippen LogP contribution in [0.25, 0.3) is 21.6 Å². The van der Waals surface area contributed by atoms with Crippen LogP contribution in [0.1, 0.15) is 43.8 Å². The van der Waals surface area contributed by atoms with Crippen molar-refractivity contribution in [1.82, 2.24) is 19.9 Å². The van der Waals surface area contributed by atoms with E-state index in [1.807, 2.05) is 13.8 Å². The second-order valence-electron chi connectivity index (χ2n) is 10.7. The van der Waals surface area contributed by atoms with Crippen LogP contribution in [-0.2, 0) is 16.6 Å². The molecule has 0 saturated heterocycles. The molecule has 41 heavy (non-hydrogen) atoms. The summed E-state index contributed by atoms with van der Waals surface area (Å²) in [5.74, 6) is -2.33. The number of pyridine rings is 1. The number of hydrogen-bond donors (Lipinski definition) is 3. The molecule has 0 bridgehead atoms. The summed E-state index contributed by atoms with van der Waals surface area (Å²) >= 11 is 1.22. The van der Waals surface area contributed by atoms with Crippen molar-refractivity contribution in [2.24, 2.45) is 11.3 Å². The van der Waals surface area contributed by atoms with Gasteiger partial charge in [0.15, 0.2) is 0 Å². The van der Waals surface area contributed by atoms with Crippen LogP contribution in [0.15, 0.2) is 55.1 Å². The Morgan fingerprint density at radius 3 is 2.51 bits per heavy atom. The number of nitrogens with zero attached hydrogens (tertiary/aromatic N) is 4. The average molecular weight is 588 g/mol. The van der Waals surface area contributed by atoms with Crippen molar-refractivity contribution in [3.63, 3.8) is 0 Å². The van der Waals surface area contributed by atoms with Crippen LogP contribution in [0.3, 0.4) is 0 Å². The van der Waals surface area contributed by atoms with Crippen LogP contribution < -0.4 is 5.32 Å². The van der Waals surface area contributed by atoms with Gasteiger partial charge in [-0.3, -0.25) is 9.78 Å². The van der Waals surface area contributed by atoms with Gasteiger partial charge in [0.25, 0.3) is 0 Å². The lowest BCUT2D eigenvalue weighted by molar-refractivity contribution is -0.154. The van der Waals surface area contributed by atoms with Crippen LogP contribution in [0.4, 0.5) is 29.2 Å². The molecule has 0 aliphatic heterocycles. The van der Waals surface area contributed by atoms with Crippen molar-refractivity contribution < 1.29 is 32.6 Å². The molecule has 3 N–H and O–H groups in total. The number of anilines is 2. The Bertz CT molecular complexity index is 1610. The molecule has 0 amide bonds. The van der Waals surface area contributed by atoms with E-state index in [0.717, 1.165) is 18.5 Å². The summed E-state index contributed by atoms with van der Waals surface area (Å²) in [6.07, 6.45) is 1.15. The second-order valence-corrected chi connectivity index (χ2v) is 11.8. The molecule has 5 rings (SSSR count). The summed E-state index contributed by atoms with van der Waals surface area (Å²) in [4.78, 5) is 28.2. The molecule has 2 atom stereocenters. The fourth-order valence-corrected chi connectivity index (χ4v) is 6.31. The Labute approximate surface area is 236 Å². The van der Waals surface area contributed by atoms with Gasteiger partial charge in [-0.1, -0.05) is 13.8 Å². The quantitative estimate of drug-likeness (QED) is 0.214. The minimum absolute atomic E-state index is 0.207. The largest absolute Gasteiger partial charge is 0.481 e. The molecule has 0 spiro atoms. The van der Waals surface area contributed by atoms with E-state index in [9.17, 15) is 32.6 Å². The number of aliphatic carboxylic acids is 1. The van der Waals surface area contributed by atoms with Gasteiger partial charge in [0.2, 0.25) is 5.95 Å². The van der Waals surface area contributed by atoms with Gasteiger partial charge in [0.1, 0.15) is 22.1 Å². The fraction of sp³-hybridized carbons (Fsp3) is 0.321. The minimum Gasteiger partial charge on any atom is -0.481 e. The zero-order chi connectivity index (χ0) is 29.6. The van der Waals surface area contributed by atoms with E-state index in [-0.39, 0.29) is 18.8 Å². The van der Waals surface area contributed by atoms with Gasteiger partial charge in [-0.25, -0.2) is 19.3 Å². The SMILES string of the molecule is CC1(C)C[C@@](O)(c2ncc(-c3cc(Nc4nccc(C(F)(F)F)n4)cc(-c4cncc(F)c4)c3)s2)CC[C@@H]1C(=O)O. The maximum Gasteiger partial charge on any atom is 0.433 e. The number of aromatic nitrogens is 4. The summed E-state index contributed by atoms with van der Waals surface area (Å²) in [5, 5.41) is 24.4. The number of carboxylic acids is 1. The second kappa shape index (κ2) is 10.5. The van der Waals surface area contributed by atoms with Crippen molar-refractivity contribution in [2.45, 2.75) is 44.9 Å². The first-order valence-electron chi connectivity index (χ1n) is 12.6. The average Bonchev–Trinajstić information content (AvgIpc) is 3.39. The molecule has 1 aliphatic carbocycles. The van der Waals surface area contributed by atoms with Crippen molar-refractivity contribution in [3.8, 4) is 21.6 Å². The number of hydrogen-bond acceptors (Lipinski definition) is 8. The number of alkyl halides is 3. The molecule has 1 fully saturated rings. The van der Waals surface area contributed by atoms with Gasteiger partial charge >= 0.3 is 12.1 Å². The van der Waals surface area contributed by atoms with Crippen molar-refractivity contribution in [1.29, 1.82) is 0 Å². The van der Waals surface area contributed by atoms with Crippen molar-refractivity contribution in [3.05, 3.63) is 71.6 Å². The third kappa shape index (κ3) is 6.05. The van der Waals surface area contributed by atoms with E-state index in [4.69, 9.17) is 0 Å². The molecule has 3 heterocycles. The molecule has 0 unspecified atom stereocenters. The lowest BCUT2D eigenvalue weighted by Gasteiger charge is -2.44. The predicted molar refractivity (Wildman–Crippen MR) is 144 cm³/mol. The highest BCUT2D eigenvalue weighted by molar-refractivity contribution is 7.15. The maximum absolute atomic E-state index is 14.0.